The molecule has 6 atom stereocenters. The Kier molecular flexibility index (Phi) is 17.1. The highest BCUT2D eigenvalue weighted by atomic mass is 28.4. The Bertz CT molecular complexity index is 815. The number of unbranched alkanes of at least 4 members (excludes halogenated alkanes) is 5. The second-order valence-corrected chi connectivity index (χ2v) is 19.3. The minimum atomic E-state index is -2.15. The van der Waals surface area contributed by atoms with E-state index >= 15 is 0 Å². The van der Waals surface area contributed by atoms with Crippen LogP contribution in [0.15, 0.2) is 12.2 Å². The molecule has 8 heteroatoms. The van der Waals surface area contributed by atoms with E-state index in [1.54, 1.807) is 0 Å². The molecular formula is C35H64O7Si. The molecule has 2 rings (SSSR count). The lowest BCUT2D eigenvalue weighted by atomic mass is 9.86. The summed E-state index contributed by atoms with van der Waals surface area (Å²) in [4.78, 5) is 24.4. The van der Waals surface area contributed by atoms with Gasteiger partial charge in [-0.1, -0.05) is 78.4 Å². The monoisotopic (exact) mass is 624 g/mol. The van der Waals surface area contributed by atoms with Crippen LogP contribution in [0.4, 0.5) is 0 Å². The summed E-state index contributed by atoms with van der Waals surface area (Å²) < 4.78 is 30.2. The van der Waals surface area contributed by atoms with Gasteiger partial charge in [-0.15, -0.1) is 0 Å². The number of carbonyl (C=O) groups is 2. The van der Waals surface area contributed by atoms with E-state index in [2.05, 4.69) is 52.9 Å². The summed E-state index contributed by atoms with van der Waals surface area (Å²) in [6.45, 7) is 18.3. The van der Waals surface area contributed by atoms with E-state index < -0.39 is 14.4 Å². The lowest BCUT2D eigenvalue weighted by molar-refractivity contribution is -0.196. The van der Waals surface area contributed by atoms with Gasteiger partial charge in [-0.3, -0.25) is 4.79 Å². The SMILES string of the molecule is CCCCCCCC[C@@H]1[C@@H](C/C=C\CCC(O[Si](C)(C)C(C)(C)C)C(=O)OC(C)C)[C@H](OC=O)C[C@H]1OC1CCCCO1. The van der Waals surface area contributed by atoms with Crippen molar-refractivity contribution in [2.75, 3.05) is 6.61 Å². The second kappa shape index (κ2) is 19.3. The third kappa shape index (κ3) is 13.3. The quantitative estimate of drug-likeness (QED) is 0.0440. The average Bonchev–Trinajstić information content (AvgIpc) is 3.24. The Morgan fingerprint density at radius 3 is 2.35 bits per heavy atom. The van der Waals surface area contributed by atoms with Gasteiger partial charge >= 0.3 is 5.97 Å². The van der Waals surface area contributed by atoms with E-state index in [1.165, 1.54) is 32.1 Å². The lowest BCUT2D eigenvalue weighted by Gasteiger charge is -2.38. The number of esters is 1. The van der Waals surface area contributed by atoms with Gasteiger partial charge in [0.25, 0.3) is 6.47 Å². The lowest BCUT2D eigenvalue weighted by Crippen LogP contribution is -2.46. The Morgan fingerprint density at radius 2 is 1.72 bits per heavy atom. The van der Waals surface area contributed by atoms with Gasteiger partial charge in [0.1, 0.15) is 12.2 Å². The van der Waals surface area contributed by atoms with E-state index in [1.807, 2.05) is 13.8 Å². The largest absolute Gasteiger partial charge is 0.464 e. The summed E-state index contributed by atoms with van der Waals surface area (Å²) in [6, 6.07) is 0. The fourth-order valence-electron chi connectivity index (χ4n) is 6.10. The number of ether oxygens (including phenoxy) is 4. The molecule has 43 heavy (non-hydrogen) atoms. The van der Waals surface area contributed by atoms with Crippen molar-refractivity contribution in [3.63, 3.8) is 0 Å². The van der Waals surface area contributed by atoms with Crippen molar-refractivity contribution in [3.05, 3.63) is 12.2 Å². The molecule has 1 heterocycles. The molecule has 2 aliphatic rings. The minimum Gasteiger partial charge on any atom is -0.464 e. The predicted octanol–water partition coefficient (Wildman–Crippen LogP) is 8.90. The molecule has 0 radical (unpaired) electrons. The molecule has 2 unspecified atom stereocenters. The number of carbonyl (C=O) groups excluding carboxylic acids is 2. The van der Waals surface area contributed by atoms with Crippen LogP contribution in [0.5, 0.6) is 0 Å². The molecule has 0 aromatic carbocycles. The fourth-order valence-corrected chi connectivity index (χ4v) is 7.38. The molecule has 0 spiro atoms. The van der Waals surface area contributed by atoms with Gasteiger partial charge in [0.2, 0.25) is 0 Å². The van der Waals surface area contributed by atoms with Gasteiger partial charge in [-0.2, -0.15) is 0 Å². The van der Waals surface area contributed by atoms with E-state index in [0.29, 0.717) is 18.8 Å². The predicted molar refractivity (Wildman–Crippen MR) is 175 cm³/mol. The van der Waals surface area contributed by atoms with Crippen LogP contribution in [0.25, 0.3) is 0 Å². The molecule has 1 aliphatic carbocycles. The zero-order valence-corrected chi connectivity index (χ0v) is 29.7. The highest BCUT2D eigenvalue weighted by molar-refractivity contribution is 6.74. The molecule has 250 valence electrons. The molecule has 0 bridgehead atoms. The molecule has 1 saturated carbocycles. The second-order valence-electron chi connectivity index (χ2n) is 14.5. The molecule has 0 aromatic heterocycles. The molecule has 2 fully saturated rings. The highest BCUT2D eigenvalue weighted by Crippen LogP contribution is 2.43. The zero-order chi connectivity index (χ0) is 31.9. The van der Waals surface area contributed by atoms with Crippen molar-refractivity contribution < 1.29 is 33.0 Å². The van der Waals surface area contributed by atoms with Gasteiger partial charge in [0.05, 0.1) is 12.2 Å². The first kappa shape index (κ1) is 38.0. The van der Waals surface area contributed by atoms with Crippen LogP contribution in [0.1, 0.15) is 131 Å². The highest BCUT2D eigenvalue weighted by Gasteiger charge is 2.45. The Hall–Kier alpha value is -1.22. The number of hydrogen-bond donors (Lipinski definition) is 0. The first-order valence-corrected chi connectivity index (χ1v) is 20.2. The smallest absolute Gasteiger partial charge is 0.334 e. The molecule has 7 nitrogen and oxygen atoms in total. The van der Waals surface area contributed by atoms with Crippen molar-refractivity contribution in [2.45, 2.75) is 180 Å². The van der Waals surface area contributed by atoms with Crippen LogP contribution in [-0.2, 0) is 33.0 Å². The summed E-state index contributed by atoms with van der Waals surface area (Å²) in [5.41, 5.74) is 0. The van der Waals surface area contributed by atoms with Crippen LogP contribution in [0.3, 0.4) is 0 Å². The third-order valence-electron chi connectivity index (χ3n) is 9.58. The van der Waals surface area contributed by atoms with E-state index in [-0.39, 0.29) is 41.5 Å². The van der Waals surface area contributed by atoms with Gasteiger partial charge in [0, 0.05) is 18.9 Å². The van der Waals surface area contributed by atoms with Crippen LogP contribution in [0.2, 0.25) is 18.1 Å². The van der Waals surface area contributed by atoms with E-state index in [0.717, 1.165) is 58.0 Å². The van der Waals surface area contributed by atoms with Crippen LogP contribution in [0, 0.1) is 11.8 Å². The van der Waals surface area contributed by atoms with Crippen molar-refractivity contribution >= 4 is 20.8 Å². The Balaban J connectivity index is 2.07. The molecular weight excluding hydrogens is 560 g/mol. The van der Waals surface area contributed by atoms with Crippen LogP contribution < -0.4 is 0 Å². The average molecular weight is 625 g/mol. The van der Waals surface area contributed by atoms with Gasteiger partial charge < -0.3 is 23.4 Å². The fraction of sp³-hybridized carbons (Fsp3) is 0.886. The minimum absolute atomic E-state index is 0.00155. The summed E-state index contributed by atoms with van der Waals surface area (Å²) >= 11 is 0. The first-order chi connectivity index (χ1) is 20.4. The number of hydrogen-bond acceptors (Lipinski definition) is 7. The summed E-state index contributed by atoms with van der Waals surface area (Å²) in [5, 5.41) is 0.00155. The third-order valence-corrected chi connectivity index (χ3v) is 14.1. The first-order valence-electron chi connectivity index (χ1n) is 17.3. The molecule has 1 aliphatic heterocycles. The molecule has 0 aromatic rings. The maximum atomic E-state index is 12.9. The van der Waals surface area contributed by atoms with Gasteiger partial charge in [-0.25, -0.2) is 4.79 Å². The van der Waals surface area contributed by atoms with E-state index in [4.69, 9.17) is 23.4 Å². The van der Waals surface area contributed by atoms with Crippen LogP contribution in [-0.4, -0.2) is 58.1 Å². The standard InChI is InChI=1S/C35H64O7Si/c1-9-10-11-12-13-15-21-29-28(31(39-26-36)25-32(29)41-33-23-18-19-24-38-33)20-16-14-17-22-30(34(37)40-27(2)3)42-43(7,8)35(4,5)6/h14,16,26-33H,9-13,15,17-25H2,1-8H3/b16-14-/t28-,29-,30?,31-,32-,33?/m1/s1. The van der Waals surface area contributed by atoms with E-state index in [9.17, 15) is 9.59 Å². The molecule has 0 amide bonds. The molecule has 0 N–H and O–H groups in total. The van der Waals surface area contributed by atoms with Gasteiger partial charge in [-0.05, 0) is 82.8 Å². The topological polar surface area (TPSA) is 80.3 Å². The summed E-state index contributed by atoms with van der Waals surface area (Å²) in [6.07, 6.45) is 17.9. The Morgan fingerprint density at radius 1 is 1.00 bits per heavy atom. The van der Waals surface area contributed by atoms with Crippen molar-refractivity contribution in [2.24, 2.45) is 11.8 Å². The number of rotatable bonds is 20. The van der Waals surface area contributed by atoms with Crippen molar-refractivity contribution in [3.8, 4) is 0 Å². The molecule has 1 saturated heterocycles. The van der Waals surface area contributed by atoms with Crippen molar-refractivity contribution in [1.29, 1.82) is 0 Å². The normalized spacial score (nSPS) is 25.7. The zero-order valence-electron chi connectivity index (χ0n) is 28.7. The maximum absolute atomic E-state index is 12.9. The number of allylic oxidation sites excluding steroid dienone is 2. The maximum Gasteiger partial charge on any atom is 0.334 e. The van der Waals surface area contributed by atoms with Crippen LogP contribution >= 0.6 is 0 Å². The van der Waals surface area contributed by atoms with Gasteiger partial charge in [0.15, 0.2) is 14.6 Å². The van der Waals surface area contributed by atoms with Crippen molar-refractivity contribution in [1.82, 2.24) is 0 Å². The Labute approximate surface area is 264 Å². The summed E-state index contributed by atoms with van der Waals surface area (Å²) in [7, 11) is -2.15. The summed E-state index contributed by atoms with van der Waals surface area (Å²) in [5.74, 6) is 0.255.